The van der Waals surface area contributed by atoms with Crippen LogP contribution in [0.4, 0.5) is 14.6 Å². The third-order valence-electron chi connectivity index (χ3n) is 14.3. The Morgan fingerprint density at radius 2 is 1.84 bits per heavy atom. The molecule has 0 unspecified atom stereocenters. The van der Waals surface area contributed by atoms with Crippen molar-refractivity contribution in [1.29, 1.82) is 0 Å². The minimum absolute atomic E-state index is 0.0894. The fourth-order valence-electron chi connectivity index (χ4n) is 11.5. The van der Waals surface area contributed by atoms with Gasteiger partial charge in [-0.2, -0.15) is 14.7 Å². The zero-order valence-electron chi connectivity index (χ0n) is 30.2. The Morgan fingerprint density at radius 1 is 0.980 bits per heavy atom. The fourth-order valence-corrected chi connectivity index (χ4v) is 12.2. The van der Waals surface area contributed by atoms with Gasteiger partial charge in [0.05, 0.1) is 28.7 Å². The van der Waals surface area contributed by atoms with Crippen molar-refractivity contribution in [2.75, 3.05) is 31.6 Å². The van der Waals surface area contributed by atoms with Crippen LogP contribution in [-0.4, -0.2) is 62.6 Å². The smallest absolute Gasteiger partial charge is 0.248 e. The topological polar surface area (TPSA) is 81.3 Å². The molecule has 3 aromatic heterocycles. The van der Waals surface area contributed by atoms with Gasteiger partial charge in [0.25, 0.3) is 0 Å². The van der Waals surface area contributed by atoms with Gasteiger partial charge in [-0.1, -0.05) is 13.8 Å². The SMILES string of the molecule is Cn1cc(-c2cnn3c(NCCCCCO[C@H]4CC[C@H]5[C@@H]6CC[C@H]7CC(F)(F)CC[C@]7(C)[C@H]6CC[C@]45C)c(Br)c([C@@H]4CCCNC4)nc23)cn1. The maximum Gasteiger partial charge on any atom is 0.248 e. The van der Waals surface area contributed by atoms with Crippen LogP contribution in [0.2, 0.25) is 0 Å². The molecule has 4 saturated carbocycles. The first-order valence-corrected chi connectivity index (χ1v) is 20.4. The van der Waals surface area contributed by atoms with Gasteiger partial charge in [-0.05, 0) is 134 Å². The highest BCUT2D eigenvalue weighted by Crippen LogP contribution is 2.67. The van der Waals surface area contributed by atoms with Gasteiger partial charge >= 0.3 is 0 Å². The van der Waals surface area contributed by atoms with E-state index in [2.05, 4.69) is 45.5 Å². The van der Waals surface area contributed by atoms with E-state index in [-0.39, 0.29) is 29.6 Å². The van der Waals surface area contributed by atoms with E-state index in [1.54, 1.807) is 0 Å². The van der Waals surface area contributed by atoms with Crippen molar-refractivity contribution in [3.8, 4) is 11.1 Å². The molecular weight excluding hydrogens is 700 g/mol. The van der Waals surface area contributed by atoms with Crippen molar-refractivity contribution in [2.24, 2.45) is 41.5 Å². The van der Waals surface area contributed by atoms with Crippen molar-refractivity contribution < 1.29 is 13.5 Å². The summed E-state index contributed by atoms with van der Waals surface area (Å²) in [5.74, 6) is 1.04. The number of nitrogens with one attached hydrogen (secondary N) is 2. The highest BCUT2D eigenvalue weighted by Gasteiger charge is 2.62. The Morgan fingerprint density at radius 3 is 2.64 bits per heavy atom. The number of hydrogen-bond donors (Lipinski definition) is 2. The van der Waals surface area contributed by atoms with Crippen LogP contribution in [0.3, 0.4) is 0 Å². The molecule has 0 bridgehead atoms. The number of alkyl halides is 2. The van der Waals surface area contributed by atoms with E-state index < -0.39 is 5.92 Å². The van der Waals surface area contributed by atoms with E-state index in [0.29, 0.717) is 36.2 Å². The number of aromatic nitrogens is 5. The van der Waals surface area contributed by atoms with Crippen LogP contribution in [0.15, 0.2) is 23.1 Å². The molecule has 1 aliphatic heterocycles. The van der Waals surface area contributed by atoms with Gasteiger partial charge in [0, 0.05) is 62.8 Å². The second kappa shape index (κ2) is 13.7. The largest absolute Gasteiger partial charge is 0.378 e. The van der Waals surface area contributed by atoms with Crippen molar-refractivity contribution in [3.05, 3.63) is 28.8 Å². The lowest BCUT2D eigenvalue weighted by atomic mass is 9.45. The van der Waals surface area contributed by atoms with Gasteiger partial charge in [0.15, 0.2) is 5.65 Å². The quantitative estimate of drug-likeness (QED) is 0.201. The van der Waals surface area contributed by atoms with Crippen molar-refractivity contribution in [1.82, 2.24) is 29.7 Å². The fraction of sp³-hybridized carbons (Fsp3) is 0.769. The van der Waals surface area contributed by atoms with Gasteiger partial charge in [0.2, 0.25) is 5.92 Å². The Labute approximate surface area is 304 Å². The summed E-state index contributed by atoms with van der Waals surface area (Å²) >= 11 is 3.94. The summed E-state index contributed by atoms with van der Waals surface area (Å²) in [5.41, 5.74) is 4.29. The van der Waals surface area contributed by atoms with E-state index in [0.717, 1.165) is 110 Å². The van der Waals surface area contributed by atoms with Crippen LogP contribution in [-0.2, 0) is 11.8 Å². The number of anilines is 1. The Kier molecular flexibility index (Phi) is 9.58. The third-order valence-corrected chi connectivity index (χ3v) is 15.1. The van der Waals surface area contributed by atoms with Crippen molar-refractivity contribution in [2.45, 2.75) is 122 Å². The molecule has 274 valence electrons. The zero-order valence-corrected chi connectivity index (χ0v) is 31.8. The van der Waals surface area contributed by atoms with E-state index in [9.17, 15) is 8.78 Å². The van der Waals surface area contributed by atoms with Crippen LogP contribution in [0.25, 0.3) is 16.8 Å². The summed E-state index contributed by atoms with van der Waals surface area (Å²) in [7, 11) is 1.93. The average molecular weight is 757 g/mol. The second-order valence-corrected chi connectivity index (χ2v) is 17.9. The monoisotopic (exact) mass is 755 g/mol. The summed E-state index contributed by atoms with van der Waals surface area (Å²) in [6.45, 7) is 8.53. The Balaban J connectivity index is 0.860. The van der Waals surface area contributed by atoms with E-state index in [1.807, 2.05) is 34.8 Å². The highest BCUT2D eigenvalue weighted by atomic mass is 79.9. The summed E-state index contributed by atoms with van der Waals surface area (Å²) in [5, 5.41) is 16.4. The predicted octanol–water partition coefficient (Wildman–Crippen LogP) is 9.00. The summed E-state index contributed by atoms with van der Waals surface area (Å²) in [6.07, 6.45) is 19.4. The molecule has 4 heterocycles. The Hall–Kier alpha value is -2.11. The molecule has 50 heavy (non-hydrogen) atoms. The molecule has 2 N–H and O–H groups in total. The molecule has 4 aliphatic carbocycles. The molecule has 8 atom stereocenters. The first kappa shape index (κ1) is 34.9. The highest BCUT2D eigenvalue weighted by molar-refractivity contribution is 9.10. The first-order valence-electron chi connectivity index (χ1n) is 19.6. The molecule has 5 fully saturated rings. The zero-order chi connectivity index (χ0) is 34.7. The minimum atomic E-state index is -2.45. The lowest BCUT2D eigenvalue weighted by Crippen LogP contribution is -2.55. The van der Waals surface area contributed by atoms with Crippen LogP contribution < -0.4 is 10.6 Å². The maximum absolute atomic E-state index is 14.4. The molecule has 8 nitrogen and oxygen atoms in total. The number of halogens is 3. The lowest BCUT2D eigenvalue weighted by molar-refractivity contribution is -0.169. The minimum Gasteiger partial charge on any atom is -0.378 e. The van der Waals surface area contributed by atoms with E-state index in [4.69, 9.17) is 14.8 Å². The number of fused-ring (bicyclic) bond motifs is 6. The van der Waals surface area contributed by atoms with Gasteiger partial charge in [-0.15, -0.1) is 0 Å². The molecule has 3 aromatic rings. The number of ether oxygens (including phenoxy) is 1. The number of nitrogens with zero attached hydrogens (tertiary/aromatic N) is 5. The molecule has 8 rings (SSSR count). The standard InChI is InChI=1S/C39H56BrF2N7O/c1-37-15-16-39(41,42)20-27(37)9-10-28-30-11-12-32(38(30,2)14-13-31(28)37)50-19-6-4-5-18-44-36-33(40)34(25-8-7-17-43-21-25)47-35-29(23-46-49(35)36)26-22-45-48(3)24-26/h22-25,27-28,30-32,43-44H,4-21H2,1-3H3/t25-,27+,28+,30+,31+,32+,37+,38+/m1/s1. The summed E-state index contributed by atoms with van der Waals surface area (Å²) in [4.78, 5) is 5.19. The lowest BCUT2D eigenvalue weighted by Gasteiger charge is -2.61. The van der Waals surface area contributed by atoms with Gasteiger partial charge in [0.1, 0.15) is 5.82 Å². The molecule has 0 amide bonds. The normalized spacial score (nSPS) is 35.1. The molecule has 11 heteroatoms. The molecule has 5 aliphatic rings. The van der Waals surface area contributed by atoms with E-state index >= 15 is 0 Å². The van der Waals surface area contributed by atoms with E-state index in [1.165, 1.54) is 19.3 Å². The number of unbranched alkanes of at least 4 members (excludes halogenated alkanes) is 2. The van der Waals surface area contributed by atoms with Crippen molar-refractivity contribution >= 4 is 27.4 Å². The molecule has 0 radical (unpaired) electrons. The molecular formula is C39H56BrF2N7O. The number of rotatable bonds is 10. The number of piperidine rings is 1. The maximum atomic E-state index is 14.4. The third kappa shape index (κ3) is 6.22. The van der Waals surface area contributed by atoms with Crippen LogP contribution in [0.1, 0.15) is 115 Å². The predicted molar refractivity (Wildman–Crippen MR) is 196 cm³/mol. The average Bonchev–Trinajstić information content (AvgIpc) is 3.82. The summed E-state index contributed by atoms with van der Waals surface area (Å²) < 4.78 is 40.2. The molecule has 1 saturated heterocycles. The van der Waals surface area contributed by atoms with Crippen LogP contribution >= 0.6 is 15.9 Å². The van der Waals surface area contributed by atoms with Gasteiger partial charge in [-0.3, -0.25) is 4.68 Å². The molecule has 0 spiro atoms. The van der Waals surface area contributed by atoms with Crippen LogP contribution in [0.5, 0.6) is 0 Å². The summed E-state index contributed by atoms with van der Waals surface area (Å²) in [6, 6.07) is 0. The van der Waals surface area contributed by atoms with Crippen molar-refractivity contribution in [3.63, 3.8) is 0 Å². The second-order valence-electron chi connectivity index (χ2n) is 17.1. The van der Waals surface area contributed by atoms with Gasteiger partial charge in [-0.25, -0.2) is 13.8 Å². The van der Waals surface area contributed by atoms with Crippen LogP contribution in [0, 0.1) is 34.5 Å². The first-order chi connectivity index (χ1) is 24.1. The molecule has 0 aromatic carbocycles. The Bertz CT molecular complexity index is 1670. The van der Waals surface area contributed by atoms with Gasteiger partial charge < -0.3 is 15.4 Å². The number of aryl methyl sites for hydroxylation is 1. The number of hydrogen-bond acceptors (Lipinski definition) is 6.